The summed E-state index contributed by atoms with van der Waals surface area (Å²) < 4.78 is 10.8. The van der Waals surface area contributed by atoms with Gasteiger partial charge in [0.15, 0.2) is 5.82 Å². The van der Waals surface area contributed by atoms with Gasteiger partial charge in [0.25, 0.3) is 0 Å². The van der Waals surface area contributed by atoms with Gasteiger partial charge in [-0.2, -0.15) is 4.98 Å². The standard InChI is InChI=1S/C11H19N3O2/c1-12-8-10-13-11(16-14-10)6-5-9-4-2-3-7-15-9/h9,12H,2-8H2,1H3. The third-order valence-corrected chi connectivity index (χ3v) is 2.80. The van der Waals surface area contributed by atoms with Crippen LogP contribution < -0.4 is 5.32 Å². The van der Waals surface area contributed by atoms with E-state index in [1.54, 1.807) is 0 Å². The van der Waals surface area contributed by atoms with E-state index in [1.807, 2.05) is 7.05 Å². The molecule has 0 aromatic carbocycles. The highest BCUT2D eigenvalue weighted by Crippen LogP contribution is 2.17. The Kier molecular flexibility index (Phi) is 4.30. The molecule has 5 heteroatoms. The SMILES string of the molecule is CNCc1noc(CCC2CCCCO2)n1. The summed E-state index contributed by atoms with van der Waals surface area (Å²) in [5.74, 6) is 1.45. The largest absolute Gasteiger partial charge is 0.378 e. The van der Waals surface area contributed by atoms with E-state index in [0.717, 1.165) is 37.6 Å². The highest BCUT2D eigenvalue weighted by atomic mass is 16.5. The topological polar surface area (TPSA) is 60.2 Å². The van der Waals surface area contributed by atoms with Gasteiger partial charge in [-0.1, -0.05) is 5.16 Å². The summed E-state index contributed by atoms with van der Waals surface area (Å²) in [6.45, 7) is 1.56. The fraction of sp³-hybridized carbons (Fsp3) is 0.818. The summed E-state index contributed by atoms with van der Waals surface area (Å²) in [5.41, 5.74) is 0. The lowest BCUT2D eigenvalue weighted by atomic mass is 10.0. The molecule has 0 amide bonds. The van der Waals surface area contributed by atoms with Gasteiger partial charge in [-0.3, -0.25) is 0 Å². The smallest absolute Gasteiger partial charge is 0.226 e. The molecule has 0 bridgehead atoms. The van der Waals surface area contributed by atoms with Crippen LogP contribution in [-0.2, 0) is 17.7 Å². The summed E-state index contributed by atoms with van der Waals surface area (Å²) in [4.78, 5) is 4.29. The van der Waals surface area contributed by atoms with Crippen molar-refractivity contribution in [2.24, 2.45) is 0 Å². The van der Waals surface area contributed by atoms with Crippen molar-refractivity contribution in [1.29, 1.82) is 0 Å². The van der Waals surface area contributed by atoms with Gasteiger partial charge in [-0.25, -0.2) is 0 Å². The summed E-state index contributed by atoms with van der Waals surface area (Å²) in [7, 11) is 1.87. The van der Waals surface area contributed by atoms with Crippen LogP contribution in [0.3, 0.4) is 0 Å². The van der Waals surface area contributed by atoms with Crippen LogP contribution >= 0.6 is 0 Å². The average molecular weight is 225 g/mol. The van der Waals surface area contributed by atoms with Crippen LogP contribution in [-0.4, -0.2) is 29.9 Å². The molecule has 5 nitrogen and oxygen atoms in total. The minimum Gasteiger partial charge on any atom is -0.378 e. The maximum atomic E-state index is 5.65. The molecule has 1 saturated heterocycles. The van der Waals surface area contributed by atoms with Crippen LogP contribution in [0.25, 0.3) is 0 Å². The van der Waals surface area contributed by atoms with Gasteiger partial charge in [0, 0.05) is 13.0 Å². The zero-order valence-electron chi connectivity index (χ0n) is 9.74. The second kappa shape index (κ2) is 5.96. The Morgan fingerprint density at radius 3 is 3.12 bits per heavy atom. The Balaban J connectivity index is 1.75. The van der Waals surface area contributed by atoms with Crippen molar-refractivity contribution in [2.75, 3.05) is 13.7 Å². The second-order valence-electron chi connectivity index (χ2n) is 4.16. The number of hydrogen-bond donors (Lipinski definition) is 1. The quantitative estimate of drug-likeness (QED) is 0.818. The first-order valence-corrected chi connectivity index (χ1v) is 5.96. The molecule has 1 atom stereocenters. The van der Waals surface area contributed by atoms with Crippen molar-refractivity contribution in [3.8, 4) is 0 Å². The number of nitrogens with zero attached hydrogens (tertiary/aromatic N) is 2. The molecule has 1 aromatic heterocycles. The molecule has 2 rings (SSSR count). The van der Waals surface area contributed by atoms with Crippen LogP contribution in [0.5, 0.6) is 0 Å². The van der Waals surface area contributed by atoms with Crippen molar-refractivity contribution in [1.82, 2.24) is 15.5 Å². The maximum absolute atomic E-state index is 5.65. The van der Waals surface area contributed by atoms with Gasteiger partial charge in [-0.05, 0) is 32.7 Å². The summed E-state index contributed by atoms with van der Waals surface area (Å²) in [6.07, 6.45) is 5.83. The molecule has 0 saturated carbocycles. The van der Waals surface area contributed by atoms with E-state index >= 15 is 0 Å². The fourth-order valence-corrected chi connectivity index (χ4v) is 1.94. The lowest BCUT2D eigenvalue weighted by Gasteiger charge is -2.21. The Morgan fingerprint density at radius 1 is 1.44 bits per heavy atom. The van der Waals surface area contributed by atoms with Crippen molar-refractivity contribution in [3.05, 3.63) is 11.7 Å². The van der Waals surface area contributed by atoms with Crippen molar-refractivity contribution in [2.45, 2.75) is 44.8 Å². The third-order valence-electron chi connectivity index (χ3n) is 2.80. The highest BCUT2D eigenvalue weighted by molar-refractivity contribution is 4.86. The molecule has 1 unspecified atom stereocenters. The van der Waals surface area contributed by atoms with E-state index in [1.165, 1.54) is 12.8 Å². The average Bonchev–Trinajstić information content (AvgIpc) is 2.76. The van der Waals surface area contributed by atoms with Gasteiger partial charge < -0.3 is 14.6 Å². The number of aryl methyl sites for hydroxylation is 1. The normalized spacial score (nSPS) is 21.2. The van der Waals surface area contributed by atoms with Crippen LogP contribution in [0.4, 0.5) is 0 Å². The van der Waals surface area contributed by atoms with Gasteiger partial charge in [0.2, 0.25) is 5.89 Å². The third kappa shape index (κ3) is 3.28. The zero-order valence-corrected chi connectivity index (χ0v) is 9.74. The van der Waals surface area contributed by atoms with Gasteiger partial charge >= 0.3 is 0 Å². The predicted octanol–water partition coefficient (Wildman–Crippen LogP) is 1.29. The zero-order chi connectivity index (χ0) is 11.2. The van der Waals surface area contributed by atoms with E-state index in [9.17, 15) is 0 Å². The molecule has 1 aliphatic heterocycles. The van der Waals surface area contributed by atoms with Crippen molar-refractivity contribution in [3.63, 3.8) is 0 Å². The molecular formula is C11H19N3O2. The lowest BCUT2D eigenvalue weighted by molar-refractivity contribution is 0.0104. The first-order valence-electron chi connectivity index (χ1n) is 5.96. The fourth-order valence-electron chi connectivity index (χ4n) is 1.94. The number of aromatic nitrogens is 2. The Morgan fingerprint density at radius 2 is 2.38 bits per heavy atom. The van der Waals surface area contributed by atoms with Crippen LogP contribution in [0.15, 0.2) is 4.52 Å². The van der Waals surface area contributed by atoms with E-state index in [0.29, 0.717) is 12.6 Å². The Hall–Kier alpha value is -0.940. The van der Waals surface area contributed by atoms with E-state index in [2.05, 4.69) is 15.5 Å². The number of rotatable bonds is 5. The molecule has 0 spiro atoms. The molecule has 2 heterocycles. The minimum atomic E-state index is 0.383. The first kappa shape index (κ1) is 11.5. The maximum Gasteiger partial charge on any atom is 0.226 e. The van der Waals surface area contributed by atoms with E-state index in [-0.39, 0.29) is 0 Å². The summed E-state index contributed by atoms with van der Waals surface area (Å²) in [5, 5.41) is 6.87. The highest BCUT2D eigenvalue weighted by Gasteiger charge is 2.15. The lowest BCUT2D eigenvalue weighted by Crippen LogP contribution is -2.19. The molecule has 1 N–H and O–H groups in total. The van der Waals surface area contributed by atoms with E-state index in [4.69, 9.17) is 9.26 Å². The number of ether oxygens (including phenoxy) is 1. The molecule has 1 fully saturated rings. The Bertz CT molecular complexity index is 308. The molecule has 0 radical (unpaired) electrons. The van der Waals surface area contributed by atoms with Gasteiger partial charge in [-0.15, -0.1) is 0 Å². The van der Waals surface area contributed by atoms with Gasteiger partial charge in [0.1, 0.15) is 0 Å². The second-order valence-corrected chi connectivity index (χ2v) is 4.16. The summed E-state index contributed by atoms with van der Waals surface area (Å²) >= 11 is 0. The van der Waals surface area contributed by atoms with Crippen LogP contribution in [0.1, 0.15) is 37.4 Å². The minimum absolute atomic E-state index is 0.383. The molecule has 16 heavy (non-hydrogen) atoms. The predicted molar refractivity (Wildman–Crippen MR) is 59.0 cm³/mol. The summed E-state index contributed by atoms with van der Waals surface area (Å²) in [6, 6.07) is 0. The number of nitrogens with one attached hydrogen (secondary N) is 1. The van der Waals surface area contributed by atoms with Crippen molar-refractivity contribution < 1.29 is 9.26 Å². The first-order chi connectivity index (χ1) is 7.88. The van der Waals surface area contributed by atoms with Crippen LogP contribution in [0.2, 0.25) is 0 Å². The van der Waals surface area contributed by atoms with E-state index < -0.39 is 0 Å². The van der Waals surface area contributed by atoms with Crippen molar-refractivity contribution >= 4 is 0 Å². The molecular weight excluding hydrogens is 206 g/mol. The molecule has 1 aliphatic rings. The molecule has 1 aromatic rings. The van der Waals surface area contributed by atoms with Gasteiger partial charge in [0.05, 0.1) is 12.6 Å². The number of hydrogen-bond acceptors (Lipinski definition) is 5. The Labute approximate surface area is 95.6 Å². The molecule has 90 valence electrons. The van der Waals surface area contributed by atoms with Crippen LogP contribution in [0, 0.1) is 0 Å². The monoisotopic (exact) mass is 225 g/mol. The molecule has 0 aliphatic carbocycles.